The number of ether oxygens (including phenoxy) is 2. The highest BCUT2D eigenvalue weighted by Crippen LogP contribution is 2.25. The van der Waals surface area contributed by atoms with Gasteiger partial charge < -0.3 is 9.47 Å². The molecular weight excluding hydrogens is 323 g/mol. The van der Waals surface area contributed by atoms with Crippen molar-refractivity contribution in [3.8, 4) is 5.75 Å². The molecule has 2 rings (SSSR count). The number of hydrogen-bond acceptors (Lipinski definition) is 4. The van der Waals surface area contributed by atoms with Gasteiger partial charge >= 0.3 is 6.36 Å². The van der Waals surface area contributed by atoms with Crippen LogP contribution in [0.4, 0.5) is 13.2 Å². The molecule has 0 bridgehead atoms. The lowest BCUT2D eigenvalue weighted by atomic mass is 10.1. The number of nitrogens with one attached hydrogen (secondary N) is 1. The summed E-state index contributed by atoms with van der Waals surface area (Å²) in [6.07, 6.45) is -3.52. The van der Waals surface area contributed by atoms with Crippen LogP contribution in [0.2, 0.25) is 0 Å². The quantitative estimate of drug-likeness (QED) is 0.895. The Morgan fingerprint density at radius 2 is 2.14 bits per heavy atom. The Bertz CT molecular complexity index is 612. The predicted octanol–water partition coefficient (Wildman–Crippen LogP) is 2.43. The monoisotopic (exact) mass is 339 g/mol. The Morgan fingerprint density at radius 1 is 1.41 bits per heavy atom. The molecule has 0 amide bonds. The van der Waals surface area contributed by atoms with Gasteiger partial charge in [0.2, 0.25) is 10.0 Å². The van der Waals surface area contributed by atoms with E-state index in [9.17, 15) is 21.6 Å². The number of halogens is 3. The molecule has 2 atom stereocenters. The summed E-state index contributed by atoms with van der Waals surface area (Å²) in [6, 6.07) is 3.79. The van der Waals surface area contributed by atoms with Gasteiger partial charge in [-0.3, -0.25) is 0 Å². The highest BCUT2D eigenvalue weighted by atomic mass is 32.2. The van der Waals surface area contributed by atoms with Crippen LogP contribution in [0.3, 0.4) is 0 Å². The molecule has 124 valence electrons. The Balaban J connectivity index is 2.13. The lowest BCUT2D eigenvalue weighted by Gasteiger charge is -2.20. The average molecular weight is 339 g/mol. The molecule has 0 radical (unpaired) electrons. The lowest BCUT2D eigenvalue weighted by Crippen LogP contribution is -2.40. The van der Waals surface area contributed by atoms with Crippen LogP contribution in [0, 0.1) is 0 Å². The number of benzene rings is 1. The zero-order chi connectivity index (χ0) is 16.4. The summed E-state index contributed by atoms with van der Waals surface area (Å²) in [5, 5.41) is 0. The van der Waals surface area contributed by atoms with Gasteiger partial charge in [-0.15, -0.1) is 13.2 Å². The van der Waals surface area contributed by atoms with Crippen molar-refractivity contribution in [1.82, 2.24) is 4.72 Å². The third-order valence-electron chi connectivity index (χ3n) is 3.21. The summed E-state index contributed by atoms with van der Waals surface area (Å²) in [4.78, 5) is -0.293. The van der Waals surface area contributed by atoms with E-state index in [1.807, 2.05) is 0 Å². The molecule has 1 aromatic carbocycles. The van der Waals surface area contributed by atoms with Gasteiger partial charge in [0.15, 0.2) is 0 Å². The summed E-state index contributed by atoms with van der Waals surface area (Å²) in [5.74, 6) is -0.583. The van der Waals surface area contributed by atoms with Gasteiger partial charge in [-0.1, -0.05) is 6.07 Å². The fourth-order valence-electron chi connectivity index (χ4n) is 2.22. The number of rotatable bonds is 5. The van der Waals surface area contributed by atoms with E-state index in [-0.39, 0.29) is 11.0 Å². The number of sulfonamides is 1. The van der Waals surface area contributed by atoms with Gasteiger partial charge in [0.25, 0.3) is 0 Å². The first-order chi connectivity index (χ1) is 10.2. The van der Waals surface area contributed by atoms with Gasteiger partial charge in [0, 0.05) is 18.7 Å². The maximum Gasteiger partial charge on any atom is 0.573 e. The largest absolute Gasteiger partial charge is 0.573 e. The molecule has 5 nitrogen and oxygen atoms in total. The second-order valence-electron chi connectivity index (χ2n) is 4.98. The second kappa shape index (κ2) is 6.43. The van der Waals surface area contributed by atoms with E-state index in [1.165, 1.54) is 12.1 Å². The lowest BCUT2D eigenvalue weighted by molar-refractivity contribution is -0.274. The molecule has 0 aromatic heterocycles. The Kier molecular flexibility index (Phi) is 4.98. The minimum atomic E-state index is -4.87. The average Bonchev–Trinajstić information content (AvgIpc) is 2.90. The van der Waals surface area contributed by atoms with Crippen molar-refractivity contribution in [1.29, 1.82) is 0 Å². The van der Waals surface area contributed by atoms with Crippen LogP contribution < -0.4 is 9.46 Å². The third kappa shape index (κ3) is 4.59. The maximum atomic E-state index is 12.2. The van der Waals surface area contributed by atoms with Crippen LogP contribution in [0.25, 0.3) is 0 Å². The first-order valence-corrected chi connectivity index (χ1v) is 8.15. The first-order valence-electron chi connectivity index (χ1n) is 6.67. The Hall–Kier alpha value is -1.32. The Morgan fingerprint density at radius 3 is 2.73 bits per heavy atom. The van der Waals surface area contributed by atoms with Crippen LogP contribution >= 0.6 is 0 Å². The van der Waals surface area contributed by atoms with E-state index in [0.717, 1.165) is 25.0 Å². The van der Waals surface area contributed by atoms with Gasteiger partial charge in [-0.25, -0.2) is 13.1 Å². The number of alkyl halides is 3. The van der Waals surface area contributed by atoms with E-state index in [0.29, 0.717) is 6.61 Å². The number of hydrogen-bond donors (Lipinski definition) is 1. The molecule has 0 spiro atoms. The second-order valence-corrected chi connectivity index (χ2v) is 6.70. The van der Waals surface area contributed by atoms with Gasteiger partial charge in [0.1, 0.15) is 5.75 Å². The van der Waals surface area contributed by atoms with Crippen LogP contribution in [-0.4, -0.2) is 33.5 Å². The van der Waals surface area contributed by atoms with E-state index < -0.39 is 28.2 Å². The predicted molar refractivity (Wildman–Crippen MR) is 71.9 cm³/mol. The molecular formula is C13H16F3NO4S. The highest BCUT2D eigenvalue weighted by Gasteiger charge is 2.32. The molecule has 1 aliphatic heterocycles. The zero-order valence-electron chi connectivity index (χ0n) is 11.8. The molecule has 1 saturated heterocycles. The van der Waals surface area contributed by atoms with Gasteiger partial charge in [-0.2, -0.15) is 0 Å². The SMILES string of the molecule is C[C@H](NS(=O)(=O)c1cccc(OC(F)(F)F)c1)[C@H]1CCCO1. The summed E-state index contributed by atoms with van der Waals surface area (Å²) in [5.41, 5.74) is 0. The molecule has 9 heteroatoms. The van der Waals surface area contributed by atoms with Crippen molar-refractivity contribution >= 4 is 10.0 Å². The summed E-state index contributed by atoms with van der Waals surface area (Å²) >= 11 is 0. The standard InChI is InChI=1S/C13H16F3NO4S/c1-9(12-6-3-7-20-12)17-22(18,19)11-5-2-4-10(8-11)21-13(14,15)16/h2,4-5,8-9,12,17H,3,6-7H2,1H3/t9-,12+/m0/s1. The van der Waals surface area contributed by atoms with E-state index in [1.54, 1.807) is 6.92 Å². The van der Waals surface area contributed by atoms with Crippen LogP contribution in [0.1, 0.15) is 19.8 Å². The highest BCUT2D eigenvalue weighted by molar-refractivity contribution is 7.89. The summed E-state index contributed by atoms with van der Waals surface area (Å²) in [6.45, 7) is 2.23. The molecule has 0 unspecified atom stereocenters. The van der Waals surface area contributed by atoms with Crippen molar-refractivity contribution < 1.29 is 31.1 Å². The molecule has 0 aliphatic carbocycles. The van der Waals surface area contributed by atoms with Crippen molar-refractivity contribution in [2.75, 3.05) is 6.61 Å². The van der Waals surface area contributed by atoms with Gasteiger partial charge in [-0.05, 0) is 31.9 Å². The zero-order valence-corrected chi connectivity index (χ0v) is 12.6. The minimum absolute atomic E-state index is 0.232. The van der Waals surface area contributed by atoms with E-state index in [2.05, 4.69) is 9.46 Å². The molecule has 1 aliphatic rings. The fraction of sp³-hybridized carbons (Fsp3) is 0.538. The molecule has 1 aromatic rings. The smallest absolute Gasteiger partial charge is 0.406 e. The first kappa shape index (κ1) is 17.0. The Labute approximate surface area is 126 Å². The van der Waals surface area contributed by atoms with E-state index >= 15 is 0 Å². The van der Waals surface area contributed by atoms with Crippen molar-refractivity contribution in [2.45, 2.75) is 43.2 Å². The third-order valence-corrected chi connectivity index (χ3v) is 4.77. The van der Waals surface area contributed by atoms with Crippen molar-refractivity contribution in [3.05, 3.63) is 24.3 Å². The normalized spacial score (nSPS) is 20.8. The van der Waals surface area contributed by atoms with Crippen LogP contribution in [0.5, 0.6) is 5.75 Å². The molecule has 0 saturated carbocycles. The van der Waals surface area contributed by atoms with Crippen LogP contribution in [0.15, 0.2) is 29.2 Å². The van der Waals surface area contributed by atoms with Crippen molar-refractivity contribution in [2.24, 2.45) is 0 Å². The maximum absolute atomic E-state index is 12.2. The summed E-state index contributed by atoms with van der Waals surface area (Å²) < 4.78 is 72.5. The van der Waals surface area contributed by atoms with Crippen molar-refractivity contribution in [3.63, 3.8) is 0 Å². The topological polar surface area (TPSA) is 64.6 Å². The van der Waals surface area contributed by atoms with Gasteiger partial charge in [0.05, 0.1) is 11.0 Å². The molecule has 22 heavy (non-hydrogen) atoms. The van der Waals surface area contributed by atoms with E-state index in [4.69, 9.17) is 4.74 Å². The summed E-state index contributed by atoms with van der Waals surface area (Å²) in [7, 11) is -3.95. The minimum Gasteiger partial charge on any atom is -0.406 e. The van der Waals surface area contributed by atoms with Crippen LogP contribution in [-0.2, 0) is 14.8 Å². The molecule has 1 fully saturated rings. The fourth-order valence-corrected chi connectivity index (χ4v) is 3.53. The molecule has 1 heterocycles. The molecule has 1 N–H and O–H groups in total.